The molecule has 0 aliphatic carbocycles. The lowest BCUT2D eigenvalue weighted by Gasteiger charge is -2.12. The van der Waals surface area contributed by atoms with Gasteiger partial charge in [-0.25, -0.2) is 4.39 Å². The van der Waals surface area contributed by atoms with Crippen LogP contribution in [-0.2, 0) is 4.79 Å². The molecular weight excluding hydrogens is 458 g/mol. The Morgan fingerprint density at radius 1 is 0.935 bits per heavy atom. The number of nitrogens with one attached hydrogen (secondary N) is 1. The highest BCUT2D eigenvalue weighted by Crippen LogP contribution is 2.32. The summed E-state index contributed by atoms with van der Waals surface area (Å²) in [6, 6.07) is 20.3. The third kappa shape index (κ3) is 4.74. The summed E-state index contributed by atoms with van der Waals surface area (Å²) in [7, 11) is 0. The minimum absolute atomic E-state index is 0.0281. The van der Waals surface area contributed by atoms with E-state index in [-0.39, 0.29) is 17.3 Å². The number of para-hydroxylation sites is 2. The fourth-order valence-corrected chi connectivity index (χ4v) is 4.06. The molecular formula is C22H15Cl2FN4OS. The fraction of sp³-hybridized carbons (Fsp3) is 0.0455. The van der Waals surface area contributed by atoms with E-state index >= 15 is 0 Å². The first kappa shape index (κ1) is 21.4. The molecule has 0 aliphatic rings. The van der Waals surface area contributed by atoms with Crippen molar-refractivity contribution < 1.29 is 9.18 Å². The van der Waals surface area contributed by atoms with E-state index in [2.05, 4.69) is 15.5 Å². The maximum atomic E-state index is 14.6. The zero-order valence-corrected chi connectivity index (χ0v) is 18.3. The topological polar surface area (TPSA) is 59.8 Å². The summed E-state index contributed by atoms with van der Waals surface area (Å²) in [6.07, 6.45) is 0. The molecule has 1 amide bonds. The van der Waals surface area contributed by atoms with Crippen molar-refractivity contribution in [3.8, 4) is 17.1 Å². The molecule has 156 valence electrons. The number of halogens is 3. The van der Waals surface area contributed by atoms with Crippen LogP contribution in [0.1, 0.15) is 0 Å². The molecule has 3 aromatic carbocycles. The third-order valence-electron chi connectivity index (χ3n) is 4.32. The molecule has 1 aromatic heterocycles. The molecule has 0 spiro atoms. The number of hydrogen-bond acceptors (Lipinski definition) is 4. The van der Waals surface area contributed by atoms with Crippen LogP contribution in [0.3, 0.4) is 0 Å². The van der Waals surface area contributed by atoms with Gasteiger partial charge in [0.1, 0.15) is 5.82 Å². The molecule has 0 atom stereocenters. The number of benzene rings is 3. The van der Waals surface area contributed by atoms with Crippen molar-refractivity contribution in [3.05, 3.63) is 88.7 Å². The van der Waals surface area contributed by atoms with Gasteiger partial charge in [0.2, 0.25) is 5.91 Å². The molecule has 0 bridgehead atoms. The zero-order chi connectivity index (χ0) is 21.8. The van der Waals surface area contributed by atoms with E-state index in [0.717, 1.165) is 11.8 Å². The molecule has 1 N–H and O–H groups in total. The predicted octanol–water partition coefficient (Wildman–Crippen LogP) is 6.11. The molecule has 0 saturated carbocycles. The Balaban J connectivity index is 1.65. The molecule has 4 aromatic rings. The molecule has 5 nitrogen and oxygen atoms in total. The monoisotopic (exact) mass is 472 g/mol. The number of carbonyl (C=O) groups excluding carboxylic acids is 1. The van der Waals surface area contributed by atoms with Crippen LogP contribution in [0.4, 0.5) is 10.1 Å². The van der Waals surface area contributed by atoms with E-state index in [1.54, 1.807) is 65.2 Å². The van der Waals surface area contributed by atoms with Crippen LogP contribution in [-0.4, -0.2) is 26.4 Å². The molecule has 0 fully saturated rings. The highest BCUT2D eigenvalue weighted by molar-refractivity contribution is 7.99. The van der Waals surface area contributed by atoms with Crippen molar-refractivity contribution in [2.24, 2.45) is 0 Å². The van der Waals surface area contributed by atoms with Gasteiger partial charge < -0.3 is 5.32 Å². The van der Waals surface area contributed by atoms with Gasteiger partial charge in [-0.05, 0) is 36.4 Å². The second-order valence-corrected chi connectivity index (χ2v) is 8.15. The van der Waals surface area contributed by atoms with Crippen LogP contribution in [0.15, 0.2) is 78.0 Å². The van der Waals surface area contributed by atoms with E-state index < -0.39 is 5.82 Å². The number of thioether (sulfide) groups is 1. The number of nitrogens with zero attached hydrogens (tertiary/aromatic N) is 3. The van der Waals surface area contributed by atoms with Gasteiger partial charge in [0, 0.05) is 5.56 Å². The summed E-state index contributed by atoms with van der Waals surface area (Å²) in [5, 5.41) is 12.4. The summed E-state index contributed by atoms with van der Waals surface area (Å²) in [6.45, 7) is 0. The molecule has 0 unspecified atom stereocenters. The van der Waals surface area contributed by atoms with Gasteiger partial charge in [0.15, 0.2) is 11.0 Å². The molecule has 1 heterocycles. The lowest BCUT2D eigenvalue weighted by Crippen LogP contribution is -2.15. The predicted molar refractivity (Wildman–Crippen MR) is 123 cm³/mol. The number of hydrogen-bond donors (Lipinski definition) is 1. The van der Waals surface area contributed by atoms with Crippen LogP contribution in [0.5, 0.6) is 0 Å². The number of amides is 1. The van der Waals surface area contributed by atoms with Crippen LogP contribution >= 0.6 is 35.0 Å². The quantitative estimate of drug-likeness (QED) is 0.343. The minimum atomic E-state index is -0.446. The highest BCUT2D eigenvalue weighted by atomic mass is 35.5. The molecule has 4 rings (SSSR count). The Kier molecular flexibility index (Phi) is 6.56. The number of rotatable bonds is 6. The van der Waals surface area contributed by atoms with Gasteiger partial charge >= 0.3 is 0 Å². The van der Waals surface area contributed by atoms with Crippen molar-refractivity contribution >= 4 is 46.6 Å². The van der Waals surface area contributed by atoms with Gasteiger partial charge in [0.05, 0.1) is 27.2 Å². The second-order valence-electron chi connectivity index (χ2n) is 6.39. The third-order valence-corrected chi connectivity index (χ3v) is 5.91. The van der Waals surface area contributed by atoms with E-state index in [0.29, 0.717) is 32.3 Å². The first-order chi connectivity index (χ1) is 15.0. The zero-order valence-electron chi connectivity index (χ0n) is 15.9. The van der Waals surface area contributed by atoms with Crippen LogP contribution < -0.4 is 5.32 Å². The Labute approximate surface area is 192 Å². The molecule has 0 aliphatic heterocycles. The maximum absolute atomic E-state index is 14.6. The van der Waals surface area contributed by atoms with Gasteiger partial charge in [0.25, 0.3) is 0 Å². The Bertz CT molecular complexity index is 1250. The number of aromatic nitrogens is 3. The van der Waals surface area contributed by atoms with Gasteiger partial charge in [-0.1, -0.05) is 71.4 Å². The Morgan fingerprint density at radius 3 is 2.35 bits per heavy atom. The second kappa shape index (κ2) is 9.51. The van der Waals surface area contributed by atoms with Gasteiger partial charge in [-0.2, -0.15) is 0 Å². The number of anilines is 1. The summed E-state index contributed by atoms with van der Waals surface area (Å²) in [5.74, 6) is -0.316. The smallest absolute Gasteiger partial charge is 0.234 e. The Morgan fingerprint density at radius 2 is 1.61 bits per heavy atom. The minimum Gasteiger partial charge on any atom is -0.324 e. The van der Waals surface area contributed by atoms with Gasteiger partial charge in [-0.3, -0.25) is 9.36 Å². The van der Waals surface area contributed by atoms with E-state index in [4.69, 9.17) is 23.2 Å². The maximum Gasteiger partial charge on any atom is 0.234 e. The lowest BCUT2D eigenvalue weighted by molar-refractivity contribution is -0.113. The van der Waals surface area contributed by atoms with Crippen LogP contribution in [0.2, 0.25) is 10.0 Å². The Hall–Kier alpha value is -2.87. The van der Waals surface area contributed by atoms with Crippen molar-refractivity contribution in [1.29, 1.82) is 0 Å². The molecule has 31 heavy (non-hydrogen) atoms. The van der Waals surface area contributed by atoms with E-state index in [1.165, 1.54) is 6.07 Å². The molecule has 0 radical (unpaired) electrons. The highest BCUT2D eigenvalue weighted by Gasteiger charge is 2.21. The van der Waals surface area contributed by atoms with Gasteiger partial charge in [-0.15, -0.1) is 10.2 Å². The summed E-state index contributed by atoms with van der Waals surface area (Å²) >= 11 is 13.6. The standard InChI is InChI=1S/C22H15Cl2FN4OS/c23-15-8-2-1-7-14(15)21-27-28-22(29(21)19-12-6-4-10-17(19)25)31-13-20(30)26-18-11-5-3-9-16(18)24/h1-12H,13H2,(H,26,30). The molecule has 9 heteroatoms. The first-order valence-corrected chi connectivity index (χ1v) is 10.9. The first-order valence-electron chi connectivity index (χ1n) is 9.17. The lowest BCUT2D eigenvalue weighted by atomic mass is 10.2. The largest absolute Gasteiger partial charge is 0.324 e. The SMILES string of the molecule is O=C(CSc1nnc(-c2ccccc2Cl)n1-c1ccccc1F)Nc1ccccc1Cl. The fourth-order valence-electron chi connectivity index (χ4n) is 2.91. The average molecular weight is 473 g/mol. The van der Waals surface area contributed by atoms with E-state index in [9.17, 15) is 9.18 Å². The summed E-state index contributed by atoms with van der Waals surface area (Å²) in [4.78, 5) is 12.4. The molecule has 0 saturated heterocycles. The summed E-state index contributed by atoms with van der Waals surface area (Å²) in [5.41, 5.74) is 1.38. The van der Waals surface area contributed by atoms with Crippen molar-refractivity contribution in [2.75, 3.05) is 11.1 Å². The number of carbonyl (C=O) groups is 1. The van der Waals surface area contributed by atoms with E-state index in [1.807, 2.05) is 6.07 Å². The van der Waals surface area contributed by atoms with Crippen LogP contribution in [0, 0.1) is 5.82 Å². The average Bonchev–Trinajstić information content (AvgIpc) is 3.18. The summed E-state index contributed by atoms with van der Waals surface area (Å²) < 4.78 is 16.2. The van der Waals surface area contributed by atoms with Crippen molar-refractivity contribution in [1.82, 2.24) is 14.8 Å². The van der Waals surface area contributed by atoms with Crippen LogP contribution in [0.25, 0.3) is 17.1 Å². The van der Waals surface area contributed by atoms with Crippen molar-refractivity contribution in [3.63, 3.8) is 0 Å². The van der Waals surface area contributed by atoms with Crippen molar-refractivity contribution in [2.45, 2.75) is 5.16 Å². The normalized spacial score (nSPS) is 10.8.